The van der Waals surface area contributed by atoms with E-state index in [0.29, 0.717) is 0 Å². The van der Waals surface area contributed by atoms with Gasteiger partial charge < -0.3 is 31.3 Å². The van der Waals surface area contributed by atoms with E-state index >= 15 is 0 Å². The van der Waals surface area contributed by atoms with Crippen molar-refractivity contribution in [1.82, 2.24) is 16.0 Å². The first-order valence-corrected chi connectivity index (χ1v) is 6.40. The van der Waals surface area contributed by atoms with Gasteiger partial charge in [0.1, 0.15) is 16.6 Å². The van der Waals surface area contributed by atoms with Gasteiger partial charge in [-0.15, -0.1) is 0 Å². The zero-order valence-corrected chi connectivity index (χ0v) is 12.2. The number of likely N-dealkylation sites (N-methyl/N-ethyl adjacent to an activating group) is 3. The Bertz CT molecular complexity index is 391. The van der Waals surface area contributed by atoms with Crippen LogP contribution in [0.25, 0.3) is 0 Å². The van der Waals surface area contributed by atoms with E-state index < -0.39 is 34.5 Å². The zero-order valence-electron chi connectivity index (χ0n) is 12.2. The molecule has 0 saturated heterocycles. The Labute approximate surface area is 121 Å². The molecule has 0 unspecified atom stereocenters. The Morgan fingerprint density at radius 2 is 0.857 bits per heavy atom. The highest BCUT2D eigenvalue weighted by Crippen LogP contribution is 2.41. The van der Waals surface area contributed by atoms with E-state index in [1.165, 1.54) is 21.1 Å². The first-order valence-electron chi connectivity index (χ1n) is 6.40. The van der Waals surface area contributed by atoms with Crippen LogP contribution in [0.15, 0.2) is 0 Å². The van der Waals surface area contributed by atoms with Crippen molar-refractivity contribution in [2.24, 2.45) is 0 Å². The molecule has 0 bridgehead atoms. The Balaban J connectivity index is 3.50. The Hall–Kier alpha value is -1.71. The summed E-state index contributed by atoms with van der Waals surface area (Å²) >= 11 is 0. The molecule has 1 aliphatic carbocycles. The van der Waals surface area contributed by atoms with Crippen LogP contribution in [0, 0.1) is 0 Å². The molecule has 1 aliphatic rings. The van der Waals surface area contributed by atoms with E-state index in [-0.39, 0.29) is 19.3 Å². The summed E-state index contributed by atoms with van der Waals surface area (Å²) in [5.74, 6) is -3.86. The van der Waals surface area contributed by atoms with Crippen LogP contribution in [0.3, 0.4) is 0 Å². The third-order valence-corrected chi connectivity index (χ3v) is 4.47. The molecule has 1 fully saturated rings. The van der Waals surface area contributed by atoms with E-state index in [0.717, 1.165) is 0 Å². The number of aliphatic carboxylic acids is 3. The van der Waals surface area contributed by atoms with E-state index in [1.54, 1.807) is 0 Å². The normalized spacial score (nSPS) is 36.1. The summed E-state index contributed by atoms with van der Waals surface area (Å²) in [6, 6.07) is 0. The fourth-order valence-corrected chi connectivity index (χ4v) is 3.04. The summed E-state index contributed by atoms with van der Waals surface area (Å²) < 4.78 is 0. The Morgan fingerprint density at radius 3 is 0.952 bits per heavy atom. The summed E-state index contributed by atoms with van der Waals surface area (Å²) in [6.07, 6.45) is -0.808. The lowest BCUT2D eigenvalue weighted by molar-refractivity contribution is -0.162. The van der Waals surface area contributed by atoms with Crippen LogP contribution >= 0.6 is 0 Å². The summed E-state index contributed by atoms with van der Waals surface area (Å²) in [5.41, 5.74) is -5.00. The quantitative estimate of drug-likeness (QED) is 0.337. The smallest absolute Gasteiger partial charge is 0.324 e. The summed E-state index contributed by atoms with van der Waals surface area (Å²) in [6.45, 7) is 0. The summed E-state index contributed by atoms with van der Waals surface area (Å²) in [5, 5.41) is 36.3. The van der Waals surface area contributed by atoms with Crippen molar-refractivity contribution in [2.45, 2.75) is 35.9 Å². The molecule has 21 heavy (non-hydrogen) atoms. The highest BCUT2D eigenvalue weighted by Gasteiger charge is 2.62. The molecule has 6 N–H and O–H groups in total. The minimum Gasteiger partial charge on any atom is -0.480 e. The largest absolute Gasteiger partial charge is 0.480 e. The summed E-state index contributed by atoms with van der Waals surface area (Å²) in [4.78, 5) is 35.0. The fourth-order valence-electron chi connectivity index (χ4n) is 3.04. The van der Waals surface area contributed by atoms with Crippen molar-refractivity contribution in [1.29, 1.82) is 0 Å². The van der Waals surface area contributed by atoms with Crippen LogP contribution in [0.1, 0.15) is 19.3 Å². The third-order valence-electron chi connectivity index (χ3n) is 4.47. The van der Waals surface area contributed by atoms with Crippen molar-refractivity contribution in [3.8, 4) is 0 Å². The van der Waals surface area contributed by atoms with Gasteiger partial charge in [-0.1, -0.05) is 0 Å². The van der Waals surface area contributed by atoms with E-state index in [2.05, 4.69) is 16.0 Å². The number of hydrogen-bond acceptors (Lipinski definition) is 6. The van der Waals surface area contributed by atoms with Gasteiger partial charge in [0.2, 0.25) is 0 Å². The van der Waals surface area contributed by atoms with Gasteiger partial charge in [0, 0.05) is 19.3 Å². The van der Waals surface area contributed by atoms with Crippen LogP contribution < -0.4 is 16.0 Å². The predicted molar refractivity (Wildman–Crippen MR) is 72.1 cm³/mol. The molecule has 9 heteroatoms. The minimum atomic E-state index is -1.67. The second-order valence-electron chi connectivity index (χ2n) is 5.44. The predicted octanol–water partition coefficient (Wildman–Crippen LogP) is -1.70. The maximum Gasteiger partial charge on any atom is 0.324 e. The van der Waals surface area contributed by atoms with Crippen LogP contribution in [-0.4, -0.2) is 71.0 Å². The molecule has 0 aromatic heterocycles. The molecule has 0 aromatic rings. The highest BCUT2D eigenvalue weighted by molar-refractivity contribution is 5.89. The van der Waals surface area contributed by atoms with Gasteiger partial charge in [0.25, 0.3) is 0 Å². The topological polar surface area (TPSA) is 148 Å². The first-order chi connectivity index (χ1) is 9.63. The molecule has 9 nitrogen and oxygen atoms in total. The van der Waals surface area contributed by atoms with Crippen LogP contribution in [0.2, 0.25) is 0 Å². The van der Waals surface area contributed by atoms with Crippen molar-refractivity contribution in [3.05, 3.63) is 0 Å². The van der Waals surface area contributed by atoms with Crippen LogP contribution in [-0.2, 0) is 14.4 Å². The van der Waals surface area contributed by atoms with Gasteiger partial charge in [-0.05, 0) is 21.1 Å². The molecular weight excluding hydrogens is 282 g/mol. The molecular formula is C12H21N3O6. The van der Waals surface area contributed by atoms with Gasteiger partial charge in [0.15, 0.2) is 0 Å². The van der Waals surface area contributed by atoms with E-state index in [4.69, 9.17) is 0 Å². The third kappa shape index (κ3) is 2.59. The molecule has 0 spiro atoms. The SMILES string of the molecule is CNC1(C(=O)O)CC(NC)(C(=O)O)CC(NC)(C(=O)O)C1. The molecule has 0 amide bonds. The fraction of sp³-hybridized carbons (Fsp3) is 0.750. The maximum atomic E-state index is 11.7. The van der Waals surface area contributed by atoms with Gasteiger partial charge >= 0.3 is 17.9 Å². The molecule has 0 aromatic carbocycles. The standard InChI is InChI=1S/C12H21N3O6/c1-13-10(7(16)17)4-11(14-2,8(18)19)6-12(5-10,15-3)9(20)21/h13-15H,4-6H2,1-3H3,(H,16,17)(H,18,19)(H,20,21). The highest BCUT2D eigenvalue weighted by atomic mass is 16.4. The Kier molecular flexibility index (Phi) is 4.61. The molecule has 0 aliphatic heterocycles. The Morgan fingerprint density at radius 1 is 0.667 bits per heavy atom. The number of rotatable bonds is 6. The van der Waals surface area contributed by atoms with Gasteiger partial charge in [-0.2, -0.15) is 0 Å². The van der Waals surface area contributed by atoms with Gasteiger partial charge in [0.05, 0.1) is 0 Å². The molecule has 1 rings (SSSR count). The molecule has 1 saturated carbocycles. The average molecular weight is 303 g/mol. The second-order valence-corrected chi connectivity index (χ2v) is 5.44. The lowest BCUT2D eigenvalue weighted by Crippen LogP contribution is -2.74. The summed E-state index contributed by atoms with van der Waals surface area (Å²) in [7, 11) is 4.14. The number of nitrogens with one attached hydrogen (secondary N) is 3. The molecule has 120 valence electrons. The minimum absolute atomic E-state index is 0.269. The number of carbonyl (C=O) groups is 3. The number of carboxylic acids is 3. The van der Waals surface area contributed by atoms with Crippen LogP contribution in [0.4, 0.5) is 0 Å². The average Bonchev–Trinajstić information content (AvgIpc) is 2.45. The zero-order chi connectivity index (χ0) is 16.5. The first kappa shape index (κ1) is 17.3. The number of carboxylic acid groups (broad SMARTS) is 3. The van der Waals surface area contributed by atoms with Crippen molar-refractivity contribution in [3.63, 3.8) is 0 Å². The van der Waals surface area contributed by atoms with Crippen molar-refractivity contribution >= 4 is 17.9 Å². The molecule has 0 radical (unpaired) electrons. The van der Waals surface area contributed by atoms with Gasteiger partial charge in [-0.25, -0.2) is 0 Å². The number of hydrogen-bond donors (Lipinski definition) is 6. The van der Waals surface area contributed by atoms with Gasteiger partial charge in [-0.3, -0.25) is 14.4 Å². The maximum absolute atomic E-state index is 11.7. The van der Waals surface area contributed by atoms with Crippen molar-refractivity contribution < 1.29 is 29.7 Å². The van der Waals surface area contributed by atoms with E-state index in [9.17, 15) is 29.7 Å². The lowest BCUT2D eigenvalue weighted by Gasteiger charge is -2.50. The van der Waals surface area contributed by atoms with Crippen LogP contribution in [0.5, 0.6) is 0 Å². The molecule has 0 heterocycles. The lowest BCUT2D eigenvalue weighted by atomic mass is 9.62. The monoisotopic (exact) mass is 303 g/mol. The van der Waals surface area contributed by atoms with E-state index in [1.807, 2.05) is 0 Å². The molecule has 0 atom stereocenters. The van der Waals surface area contributed by atoms with Crippen molar-refractivity contribution in [2.75, 3.05) is 21.1 Å². The second kappa shape index (κ2) is 5.58.